The van der Waals surface area contributed by atoms with Gasteiger partial charge in [-0.2, -0.15) is 0 Å². The van der Waals surface area contributed by atoms with Crippen LogP contribution in [-0.2, 0) is 47.3 Å². The summed E-state index contributed by atoms with van der Waals surface area (Å²) in [6.07, 6.45) is 1.98. The molecular formula is C52H73N3O4. The predicted octanol–water partition coefficient (Wildman–Crippen LogP) is 9.50. The van der Waals surface area contributed by atoms with Gasteiger partial charge < -0.3 is 35.6 Å². The van der Waals surface area contributed by atoms with Crippen LogP contribution < -0.4 is 25.4 Å². The van der Waals surface area contributed by atoms with Crippen LogP contribution in [0.15, 0.2) is 48.5 Å². The molecule has 1 heterocycles. The molecule has 0 radical (unpaired) electrons. The Hall–Kier alpha value is -4.04. The lowest BCUT2D eigenvalue weighted by Gasteiger charge is -2.28. The topological polar surface area (TPSA) is 95.0 Å². The van der Waals surface area contributed by atoms with Crippen molar-refractivity contribution in [3.63, 3.8) is 0 Å². The quantitative estimate of drug-likeness (QED) is 0.107. The van der Waals surface area contributed by atoms with Crippen molar-refractivity contribution in [1.82, 2.24) is 16.0 Å². The van der Waals surface area contributed by atoms with Crippen LogP contribution >= 0.6 is 0 Å². The molecule has 0 saturated heterocycles. The highest BCUT2D eigenvalue weighted by Gasteiger charge is 2.28. The molecule has 5 N–H and O–H groups in total. The minimum absolute atomic E-state index is 0.152. The first-order chi connectivity index (χ1) is 27.6. The first kappa shape index (κ1) is 44.5. The smallest absolute Gasteiger partial charge is 0.126 e. The van der Waals surface area contributed by atoms with Crippen molar-refractivity contribution in [1.29, 1.82) is 0 Å². The SMILES string of the molecule is CC(C)(C)c1cc2c(O)c(c1)Cc1cc(C(C)(C)C)cc3c1OCCNCCNCCNCCOc1c(cc(C(C)(C)C)cc1Cc1cc(C(C)(C)C)cc(c1O)C3)C2. The lowest BCUT2D eigenvalue weighted by molar-refractivity contribution is 0.306. The van der Waals surface area contributed by atoms with E-state index in [1.165, 1.54) is 22.3 Å². The Labute approximate surface area is 355 Å². The Morgan fingerprint density at radius 1 is 0.356 bits per heavy atom. The molecule has 1 aliphatic carbocycles. The first-order valence-corrected chi connectivity index (χ1v) is 22.0. The summed E-state index contributed by atoms with van der Waals surface area (Å²) in [5, 5.41) is 35.6. The Morgan fingerprint density at radius 3 is 0.814 bits per heavy atom. The van der Waals surface area contributed by atoms with Crippen molar-refractivity contribution in [3.05, 3.63) is 115 Å². The first-order valence-electron chi connectivity index (χ1n) is 22.0. The highest BCUT2D eigenvalue weighted by molar-refractivity contribution is 5.59. The Balaban J connectivity index is 1.72. The van der Waals surface area contributed by atoms with Crippen LogP contribution in [-0.4, -0.2) is 62.7 Å². The molecular weight excluding hydrogens is 731 g/mol. The summed E-state index contributed by atoms with van der Waals surface area (Å²) in [6.45, 7) is 32.7. The summed E-state index contributed by atoms with van der Waals surface area (Å²) >= 11 is 0. The van der Waals surface area contributed by atoms with E-state index in [2.05, 4.69) is 148 Å². The van der Waals surface area contributed by atoms with Crippen LogP contribution in [0.25, 0.3) is 0 Å². The number of benzene rings is 4. The standard InChI is InChI=1S/C52H73N3O4/c1-49(2,3)41-25-33-21-37-29-43(51(7,8)9)31-39-23-35-27-42(50(4,5)6)28-36(46(35)57)24-40-32-44(52(10,11)12)30-38(22-34(26-41)45(33)56)48(40)59-20-18-55-16-14-53-13-15-54-17-19-58-47(37)39/h25-32,53-57H,13-24H2,1-12H3. The third-order valence-corrected chi connectivity index (χ3v) is 12.0. The molecule has 0 amide bonds. The van der Waals surface area contributed by atoms with Gasteiger partial charge in [-0.3, -0.25) is 0 Å². The van der Waals surface area contributed by atoms with Crippen LogP contribution in [0.5, 0.6) is 23.0 Å². The van der Waals surface area contributed by atoms with Gasteiger partial charge in [0.05, 0.1) is 0 Å². The number of phenolic OH excluding ortho intramolecular Hbond substituents is 2. The third kappa shape index (κ3) is 10.8. The number of fused-ring (bicyclic) bond motifs is 2. The summed E-state index contributed by atoms with van der Waals surface area (Å²) in [6, 6.07) is 18.0. The van der Waals surface area contributed by atoms with Crippen molar-refractivity contribution in [2.45, 2.75) is 130 Å². The fraction of sp³-hybridized carbons (Fsp3) is 0.538. The Kier molecular flexibility index (Phi) is 13.2. The van der Waals surface area contributed by atoms with E-state index in [-0.39, 0.29) is 21.7 Å². The fourth-order valence-electron chi connectivity index (χ4n) is 8.20. The number of rotatable bonds is 0. The summed E-state index contributed by atoms with van der Waals surface area (Å²) in [5.74, 6) is 2.31. The van der Waals surface area contributed by atoms with Gasteiger partial charge in [0.25, 0.3) is 0 Å². The van der Waals surface area contributed by atoms with Crippen LogP contribution in [0.3, 0.4) is 0 Å². The van der Waals surface area contributed by atoms with Gasteiger partial charge in [-0.05, 0) is 88.4 Å². The van der Waals surface area contributed by atoms with E-state index in [0.717, 1.165) is 82.2 Å². The van der Waals surface area contributed by atoms with E-state index < -0.39 is 0 Å². The van der Waals surface area contributed by atoms with Gasteiger partial charge in [0.1, 0.15) is 36.2 Å². The van der Waals surface area contributed by atoms with Gasteiger partial charge in [0.2, 0.25) is 0 Å². The second kappa shape index (κ2) is 17.5. The van der Waals surface area contributed by atoms with E-state index in [4.69, 9.17) is 9.47 Å². The molecule has 4 aromatic carbocycles. The average molecular weight is 804 g/mol. The lowest BCUT2D eigenvalue weighted by Crippen LogP contribution is -2.35. The molecule has 0 saturated carbocycles. The zero-order chi connectivity index (χ0) is 42.9. The van der Waals surface area contributed by atoms with Crippen molar-refractivity contribution in [3.8, 4) is 23.0 Å². The van der Waals surface area contributed by atoms with Crippen LogP contribution in [0, 0.1) is 0 Å². The van der Waals surface area contributed by atoms with Crippen LogP contribution in [0.4, 0.5) is 0 Å². The van der Waals surface area contributed by atoms with Crippen LogP contribution in [0.2, 0.25) is 0 Å². The second-order valence-electron chi connectivity index (χ2n) is 21.2. The molecule has 2 aliphatic rings. The molecule has 1 aliphatic heterocycles. The largest absolute Gasteiger partial charge is 0.507 e. The molecule has 10 bridgehead atoms. The molecule has 59 heavy (non-hydrogen) atoms. The maximum absolute atomic E-state index is 12.5. The van der Waals surface area contributed by atoms with Crippen molar-refractivity contribution in [2.75, 3.05) is 52.5 Å². The lowest BCUT2D eigenvalue weighted by atomic mass is 9.79. The van der Waals surface area contributed by atoms with E-state index >= 15 is 0 Å². The van der Waals surface area contributed by atoms with Crippen molar-refractivity contribution in [2.24, 2.45) is 0 Å². The summed E-state index contributed by atoms with van der Waals surface area (Å²) in [5.41, 5.74) is 11.8. The fourth-order valence-corrected chi connectivity index (χ4v) is 8.20. The third-order valence-electron chi connectivity index (χ3n) is 12.0. The van der Waals surface area contributed by atoms with Crippen molar-refractivity contribution >= 4 is 0 Å². The van der Waals surface area contributed by atoms with E-state index in [1.54, 1.807) is 0 Å². The number of ether oxygens (including phenoxy) is 2. The monoisotopic (exact) mass is 804 g/mol. The molecule has 6 rings (SSSR count). The van der Waals surface area contributed by atoms with Gasteiger partial charge in [-0.1, -0.05) is 132 Å². The molecule has 0 aromatic heterocycles. The maximum atomic E-state index is 12.5. The number of phenols is 2. The number of hydrogen-bond acceptors (Lipinski definition) is 7. The average Bonchev–Trinajstić information content (AvgIpc) is 3.12. The maximum Gasteiger partial charge on any atom is 0.126 e. The van der Waals surface area contributed by atoms with E-state index in [1.807, 2.05) is 0 Å². The molecule has 0 fully saturated rings. The predicted molar refractivity (Wildman–Crippen MR) is 245 cm³/mol. The van der Waals surface area contributed by atoms with Crippen molar-refractivity contribution < 1.29 is 19.7 Å². The molecule has 7 heteroatoms. The second-order valence-corrected chi connectivity index (χ2v) is 21.2. The van der Waals surface area contributed by atoms with E-state index in [0.29, 0.717) is 63.5 Å². The van der Waals surface area contributed by atoms with Gasteiger partial charge in [-0.25, -0.2) is 0 Å². The van der Waals surface area contributed by atoms with Gasteiger partial charge >= 0.3 is 0 Å². The van der Waals surface area contributed by atoms with Crippen LogP contribution in [0.1, 0.15) is 150 Å². The van der Waals surface area contributed by atoms with Gasteiger partial charge in [0.15, 0.2) is 0 Å². The zero-order valence-electron chi connectivity index (χ0n) is 38.3. The minimum Gasteiger partial charge on any atom is -0.507 e. The van der Waals surface area contributed by atoms with Gasteiger partial charge in [-0.15, -0.1) is 0 Å². The molecule has 320 valence electrons. The molecule has 0 spiro atoms. The number of hydrogen-bond donors (Lipinski definition) is 5. The van der Waals surface area contributed by atoms with Gasteiger partial charge in [0, 0.05) is 65.0 Å². The molecule has 7 nitrogen and oxygen atoms in total. The highest BCUT2D eigenvalue weighted by atomic mass is 16.5. The number of nitrogens with one attached hydrogen (secondary N) is 3. The number of aromatic hydroxyl groups is 2. The minimum atomic E-state index is -0.157. The highest BCUT2D eigenvalue weighted by Crippen LogP contribution is 2.43. The van der Waals surface area contributed by atoms with E-state index in [9.17, 15) is 10.2 Å². The molecule has 0 unspecified atom stereocenters. The molecule has 4 aromatic rings. The Morgan fingerprint density at radius 2 is 0.576 bits per heavy atom. The molecule has 0 atom stereocenters. The summed E-state index contributed by atoms with van der Waals surface area (Å²) < 4.78 is 13.8. The normalized spacial score (nSPS) is 16.5. The summed E-state index contributed by atoms with van der Waals surface area (Å²) in [4.78, 5) is 0. The summed E-state index contributed by atoms with van der Waals surface area (Å²) in [7, 11) is 0. The zero-order valence-corrected chi connectivity index (χ0v) is 38.3. The Bertz CT molecular complexity index is 1880.